The Hall–Kier alpha value is -4.80. The number of aryl methyl sites for hydroxylation is 1. The largest absolute Gasteiger partial charge is 0.439 e. The zero-order chi connectivity index (χ0) is 24.6. The van der Waals surface area contributed by atoms with Gasteiger partial charge in [-0.25, -0.2) is 9.78 Å². The number of ether oxygens (including phenoxy) is 1. The van der Waals surface area contributed by atoms with Crippen molar-refractivity contribution >= 4 is 29.6 Å². The molecule has 172 valence electrons. The summed E-state index contributed by atoms with van der Waals surface area (Å²) in [6.45, 7) is 3.74. The number of hydrogen-bond donors (Lipinski definition) is 1. The highest BCUT2D eigenvalue weighted by Crippen LogP contribution is 2.27. The van der Waals surface area contributed by atoms with Crippen molar-refractivity contribution in [1.29, 1.82) is 0 Å². The molecule has 11 heteroatoms. The Morgan fingerprint density at radius 1 is 1.09 bits per heavy atom. The van der Waals surface area contributed by atoms with Gasteiger partial charge in [0.05, 0.1) is 4.92 Å². The summed E-state index contributed by atoms with van der Waals surface area (Å²) >= 11 is 0. The third-order valence-corrected chi connectivity index (χ3v) is 5.32. The van der Waals surface area contributed by atoms with Gasteiger partial charge in [0, 0.05) is 36.3 Å². The Bertz CT molecular complexity index is 1360. The predicted molar refractivity (Wildman–Crippen MR) is 120 cm³/mol. The maximum absolute atomic E-state index is 12.4. The SMILES string of the molecule is Cc1cc(/C=C2/C(=O)NC(=O)N(C)C2=O)c(C)n1-c1ccc(Oc2ccc([N+](=O)[O-])cn2)cc1. The van der Waals surface area contributed by atoms with Gasteiger partial charge in [0.25, 0.3) is 17.5 Å². The summed E-state index contributed by atoms with van der Waals surface area (Å²) in [5.74, 6) is -0.689. The number of carbonyl (C=O) groups is 3. The van der Waals surface area contributed by atoms with Crippen LogP contribution in [-0.4, -0.2) is 44.3 Å². The molecule has 0 spiro atoms. The highest BCUT2D eigenvalue weighted by molar-refractivity contribution is 6.30. The lowest BCUT2D eigenvalue weighted by atomic mass is 10.1. The fourth-order valence-corrected chi connectivity index (χ4v) is 3.56. The Morgan fingerprint density at radius 3 is 2.41 bits per heavy atom. The van der Waals surface area contributed by atoms with E-state index >= 15 is 0 Å². The van der Waals surface area contributed by atoms with E-state index < -0.39 is 22.8 Å². The van der Waals surface area contributed by atoms with Gasteiger partial charge in [-0.3, -0.25) is 29.9 Å². The third kappa shape index (κ3) is 4.13. The van der Waals surface area contributed by atoms with Crippen LogP contribution < -0.4 is 10.1 Å². The molecule has 1 aliphatic heterocycles. The van der Waals surface area contributed by atoms with E-state index in [-0.39, 0.29) is 17.1 Å². The summed E-state index contributed by atoms with van der Waals surface area (Å²) in [6, 6.07) is 10.9. The Balaban J connectivity index is 1.58. The molecule has 0 aliphatic carbocycles. The molecule has 0 radical (unpaired) electrons. The minimum Gasteiger partial charge on any atom is -0.439 e. The second-order valence-electron chi connectivity index (χ2n) is 7.55. The number of pyridine rings is 1. The van der Waals surface area contributed by atoms with Crippen LogP contribution >= 0.6 is 0 Å². The molecule has 1 N–H and O–H groups in total. The molecule has 1 aromatic carbocycles. The summed E-state index contributed by atoms with van der Waals surface area (Å²) in [5, 5.41) is 12.9. The van der Waals surface area contributed by atoms with Gasteiger partial charge in [-0.2, -0.15) is 0 Å². The lowest BCUT2D eigenvalue weighted by molar-refractivity contribution is -0.385. The van der Waals surface area contributed by atoms with Gasteiger partial charge in [0.2, 0.25) is 5.88 Å². The molecule has 0 saturated carbocycles. The van der Waals surface area contributed by atoms with Crippen LogP contribution in [0.2, 0.25) is 0 Å². The molecule has 1 aliphatic rings. The molecular formula is C23H19N5O6. The average Bonchev–Trinajstić information content (AvgIpc) is 3.09. The van der Waals surface area contributed by atoms with E-state index in [1.807, 2.05) is 36.6 Å². The second-order valence-corrected chi connectivity index (χ2v) is 7.55. The van der Waals surface area contributed by atoms with Crippen molar-refractivity contribution in [3.63, 3.8) is 0 Å². The van der Waals surface area contributed by atoms with E-state index in [0.717, 1.165) is 28.2 Å². The molecule has 0 unspecified atom stereocenters. The summed E-state index contributed by atoms with van der Waals surface area (Å²) in [7, 11) is 1.30. The first-order valence-corrected chi connectivity index (χ1v) is 10.1. The van der Waals surface area contributed by atoms with E-state index in [4.69, 9.17) is 4.74 Å². The Kier molecular flexibility index (Phi) is 5.68. The first kappa shape index (κ1) is 22.4. The average molecular weight is 461 g/mol. The number of barbiturate groups is 1. The topological polar surface area (TPSA) is 137 Å². The quantitative estimate of drug-likeness (QED) is 0.266. The molecule has 1 saturated heterocycles. The van der Waals surface area contributed by atoms with E-state index in [0.29, 0.717) is 11.3 Å². The standard InChI is InChI=1S/C23H19N5O6/c1-13-10-15(11-19-21(29)25-23(31)26(3)22(19)30)14(2)27(13)16-4-7-18(8-5-16)34-20-9-6-17(12-24-20)28(32)33/h4-12H,1-3H3,(H,25,29,31)/b19-11-. The van der Waals surface area contributed by atoms with Crippen molar-refractivity contribution in [3.8, 4) is 17.3 Å². The van der Waals surface area contributed by atoms with Crippen LogP contribution in [0.5, 0.6) is 11.6 Å². The molecule has 0 atom stereocenters. The van der Waals surface area contributed by atoms with Crippen molar-refractivity contribution in [2.45, 2.75) is 13.8 Å². The molecule has 1 fully saturated rings. The first-order valence-electron chi connectivity index (χ1n) is 10.1. The molecule has 3 heterocycles. The van der Waals surface area contributed by atoms with E-state index in [1.54, 1.807) is 12.1 Å². The van der Waals surface area contributed by atoms with Crippen LogP contribution in [0, 0.1) is 24.0 Å². The summed E-state index contributed by atoms with van der Waals surface area (Å²) in [5.41, 5.74) is 2.88. The Morgan fingerprint density at radius 2 is 1.79 bits per heavy atom. The fraction of sp³-hybridized carbons (Fsp3) is 0.130. The number of nitro groups is 1. The van der Waals surface area contributed by atoms with Crippen molar-refractivity contribution in [2.24, 2.45) is 0 Å². The van der Waals surface area contributed by atoms with E-state index in [1.165, 1.54) is 25.3 Å². The van der Waals surface area contributed by atoms with Crippen molar-refractivity contribution < 1.29 is 24.0 Å². The number of amides is 4. The van der Waals surface area contributed by atoms with Gasteiger partial charge in [-0.15, -0.1) is 0 Å². The van der Waals surface area contributed by atoms with Crippen LogP contribution in [0.4, 0.5) is 10.5 Å². The van der Waals surface area contributed by atoms with Crippen molar-refractivity contribution in [2.75, 3.05) is 7.05 Å². The summed E-state index contributed by atoms with van der Waals surface area (Å²) < 4.78 is 7.59. The molecular weight excluding hydrogens is 442 g/mol. The van der Waals surface area contributed by atoms with Crippen molar-refractivity contribution in [1.82, 2.24) is 19.8 Å². The number of carbonyl (C=O) groups excluding carboxylic acids is 3. The molecule has 4 rings (SSSR count). The number of benzene rings is 1. The van der Waals surface area contributed by atoms with Crippen LogP contribution in [0.15, 0.2) is 54.2 Å². The van der Waals surface area contributed by atoms with Gasteiger partial charge in [0.1, 0.15) is 17.5 Å². The molecule has 4 amide bonds. The number of rotatable bonds is 5. The second kappa shape index (κ2) is 8.62. The van der Waals surface area contributed by atoms with E-state index in [2.05, 4.69) is 10.3 Å². The zero-order valence-electron chi connectivity index (χ0n) is 18.4. The predicted octanol–water partition coefficient (Wildman–Crippen LogP) is 3.28. The number of likely N-dealkylation sites (N-methyl/N-ethyl adjacent to an activating group) is 1. The molecule has 2 aromatic heterocycles. The van der Waals surface area contributed by atoms with Crippen molar-refractivity contribution in [3.05, 3.63) is 81.3 Å². The number of urea groups is 1. The van der Waals surface area contributed by atoms with Crippen LogP contribution in [-0.2, 0) is 9.59 Å². The fourth-order valence-electron chi connectivity index (χ4n) is 3.56. The lowest BCUT2D eigenvalue weighted by Gasteiger charge is -2.22. The Labute approximate surface area is 193 Å². The molecule has 3 aromatic rings. The molecule has 34 heavy (non-hydrogen) atoms. The number of imide groups is 2. The van der Waals surface area contributed by atoms with E-state index in [9.17, 15) is 24.5 Å². The smallest absolute Gasteiger partial charge is 0.331 e. The maximum atomic E-state index is 12.4. The first-order chi connectivity index (χ1) is 16.2. The molecule has 0 bridgehead atoms. The zero-order valence-corrected chi connectivity index (χ0v) is 18.4. The summed E-state index contributed by atoms with van der Waals surface area (Å²) in [4.78, 5) is 51.1. The highest BCUT2D eigenvalue weighted by Gasteiger charge is 2.33. The normalized spacial score (nSPS) is 15.0. The van der Waals surface area contributed by atoms with Gasteiger partial charge >= 0.3 is 6.03 Å². The number of nitrogens with zero attached hydrogens (tertiary/aromatic N) is 4. The number of aromatic nitrogens is 2. The van der Waals surface area contributed by atoms with Crippen LogP contribution in [0.1, 0.15) is 17.0 Å². The maximum Gasteiger partial charge on any atom is 0.331 e. The number of hydrogen-bond acceptors (Lipinski definition) is 7. The highest BCUT2D eigenvalue weighted by atomic mass is 16.6. The minimum absolute atomic E-state index is 0.123. The lowest BCUT2D eigenvalue weighted by Crippen LogP contribution is -2.52. The van der Waals surface area contributed by atoms with Gasteiger partial charge in [-0.05, 0) is 55.8 Å². The van der Waals surface area contributed by atoms with Gasteiger partial charge < -0.3 is 9.30 Å². The monoisotopic (exact) mass is 461 g/mol. The molecule has 11 nitrogen and oxygen atoms in total. The van der Waals surface area contributed by atoms with Crippen LogP contribution in [0.25, 0.3) is 11.8 Å². The number of nitrogens with one attached hydrogen (secondary N) is 1. The van der Waals surface area contributed by atoms with Crippen LogP contribution in [0.3, 0.4) is 0 Å². The minimum atomic E-state index is -0.760. The third-order valence-electron chi connectivity index (χ3n) is 5.32. The van der Waals surface area contributed by atoms with Gasteiger partial charge in [0.15, 0.2) is 0 Å². The summed E-state index contributed by atoms with van der Waals surface area (Å²) in [6.07, 6.45) is 2.59. The van der Waals surface area contributed by atoms with Gasteiger partial charge in [-0.1, -0.05) is 0 Å².